The summed E-state index contributed by atoms with van der Waals surface area (Å²) in [6.07, 6.45) is 5.68. The van der Waals surface area contributed by atoms with Crippen LogP contribution in [0.15, 0.2) is 18.2 Å². The minimum Gasteiger partial charge on any atom is -0.366 e. The van der Waals surface area contributed by atoms with Gasteiger partial charge < -0.3 is 11.1 Å². The normalized spacial score (nSPS) is 15.2. The second-order valence-corrected chi connectivity index (χ2v) is 4.65. The van der Waals surface area contributed by atoms with Gasteiger partial charge in [0.2, 0.25) is 12.2 Å². The van der Waals surface area contributed by atoms with Crippen LogP contribution in [0.25, 0.3) is 0 Å². The maximum Gasteiger partial charge on any atom is 0.253 e. The van der Waals surface area contributed by atoms with E-state index >= 15 is 0 Å². The van der Waals surface area contributed by atoms with Gasteiger partial charge in [0.1, 0.15) is 0 Å². The smallest absolute Gasteiger partial charge is 0.253 e. The van der Waals surface area contributed by atoms with Gasteiger partial charge in [-0.25, -0.2) is 0 Å². The highest BCUT2D eigenvalue weighted by Crippen LogP contribution is 2.19. The first kappa shape index (κ1) is 13.3. The van der Waals surface area contributed by atoms with E-state index in [1.165, 1.54) is 18.2 Å². The molecule has 1 aliphatic rings. The molecule has 1 aromatic rings. The number of nitrogens with one attached hydrogen (secondary N) is 1. The van der Waals surface area contributed by atoms with E-state index in [1.54, 1.807) is 6.29 Å². The van der Waals surface area contributed by atoms with E-state index in [4.69, 9.17) is 5.73 Å². The van der Waals surface area contributed by atoms with Crippen molar-refractivity contribution in [3.05, 3.63) is 34.9 Å². The Labute approximate surface area is 111 Å². The van der Waals surface area contributed by atoms with Gasteiger partial charge in [-0.1, -0.05) is 25.0 Å². The van der Waals surface area contributed by atoms with Crippen molar-refractivity contribution in [2.75, 3.05) is 0 Å². The van der Waals surface area contributed by atoms with Crippen LogP contribution < -0.4 is 11.1 Å². The van der Waals surface area contributed by atoms with E-state index in [1.807, 2.05) is 0 Å². The van der Waals surface area contributed by atoms with Crippen molar-refractivity contribution in [1.82, 2.24) is 5.32 Å². The van der Waals surface area contributed by atoms with E-state index in [0.717, 1.165) is 25.7 Å². The number of nitrogens with two attached hydrogens (primary N) is 1. The van der Waals surface area contributed by atoms with Crippen LogP contribution in [0.1, 0.15) is 52.0 Å². The minimum absolute atomic E-state index is 0.0249. The van der Waals surface area contributed by atoms with Crippen LogP contribution in [0.5, 0.6) is 0 Å². The van der Waals surface area contributed by atoms with Gasteiger partial charge in [-0.15, -0.1) is 0 Å². The van der Waals surface area contributed by atoms with Crippen LogP contribution in [0, 0.1) is 0 Å². The van der Waals surface area contributed by atoms with Crippen LogP contribution in [-0.2, 0) is 4.79 Å². The Kier molecular flexibility index (Phi) is 3.94. The molecular formula is C14H15N2O3. The molecule has 2 amide bonds. The number of primary amides is 1. The van der Waals surface area contributed by atoms with Gasteiger partial charge in [-0.2, -0.15) is 0 Å². The summed E-state index contributed by atoms with van der Waals surface area (Å²) in [6.45, 7) is 0. The number of benzene rings is 1. The lowest BCUT2D eigenvalue weighted by Gasteiger charge is -2.14. The molecule has 3 N–H and O–H groups in total. The molecule has 0 bridgehead atoms. The fraction of sp³-hybridized carbons (Fsp3) is 0.357. The molecular weight excluding hydrogens is 244 g/mol. The molecule has 5 nitrogen and oxygen atoms in total. The Morgan fingerprint density at radius 3 is 2.53 bits per heavy atom. The van der Waals surface area contributed by atoms with E-state index in [9.17, 15) is 14.4 Å². The standard InChI is InChI=1S/C14H15N2O3/c15-13(18)11-7-3-4-9(8-17)12(11)14(19)16-10-5-1-2-6-10/h3-4,7,10H,1-2,5-6H2,(H2,15,18)(H,16,19). The fourth-order valence-electron chi connectivity index (χ4n) is 2.42. The predicted molar refractivity (Wildman–Crippen MR) is 69.5 cm³/mol. The lowest BCUT2D eigenvalue weighted by Crippen LogP contribution is -2.34. The average Bonchev–Trinajstić information content (AvgIpc) is 2.90. The van der Waals surface area contributed by atoms with Crippen LogP contribution in [0.2, 0.25) is 0 Å². The highest BCUT2D eigenvalue weighted by molar-refractivity contribution is 6.11. The fourth-order valence-corrected chi connectivity index (χ4v) is 2.42. The average molecular weight is 259 g/mol. The molecule has 5 heteroatoms. The quantitative estimate of drug-likeness (QED) is 0.842. The Morgan fingerprint density at radius 1 is 1.26 bits per heavy atom. The van der Waals surface area contributed by atoms with Crippen molar-refractivity contribution in [2.24, 2.45) is 5.73 Å². The topological polar surface area (TPSA) is 89.3 Å². The molecule has 1 aromatic carbocycles. The number of rotatable bonds is 4. The summed E-state index contributed by atoms with van der Waals surface area (Å²) in [7, 11) is 0. The summed E-state index contributed by atoms with van der Waals surface area (Å²) in [5.74, 6) is -1.16. The van der Waals surface area contributed by atoms with E-state index in [2.05, 4.69) is 5.32 Å². The monoisotopic (exact) mass is 259 g/mol. The van der Waals surface area contributed by atoms with Crippen molar-refractivity contribution >= 4 is 18.1 Å². The Morgan fingerprint density at radius 2 is 1.95 bits per heavy atom. The molecule has 1 fully saturated rings. The molecule has 0 saturated heterocycles. The van der Waals surface area contributed by atoms with Crippen LogP contribution in [-0.4, -0.2) is 24.1 Å². The number of carbonyl (C=O) groups is 2. The largest absolute Gasteiger partial charge is 0.366 e. The summed E-state index contributed by atoms with van der Waals surface area (Å²) in [5, 5.41) is 2.84. The van der Waals surface area contributed by atoms with Crippen LogP contribution >= 0.6 is 0 Å². The molecule has 0 unspecified atom stereocenters. The number of hydrogen-bond donors (Lipinski definition) is 2. The Balaban J connectivity index is 2.32. The lowest BCUT2D eigenvalue weighted by molar-refractivity contribution is 0.0922. The highest BCUT2D eigenvalue weighted by atomic mass is 16.2. The zero-order valence-electron chi connectivity index (χ0n) is 10.4. The SMILES string of the molecule is NC(=O)c1cccc([C]=O)c1C(=O)NC1CCCC1. The molecule has 0 atom stereocenters. The molecule has 0 heterocycles. The molecule has 1 saturated carbocycles. The van der Waals surface area contributed by atoms with Crippen molar-refractivity contribution in [1.29, 1.82) is 0 Å². The first-order chi connectivity index (χ1) is 9.13. The van der Waals surface area contributed by atoms with Gasteiger partial charge in [0.05, 0.1) is 11.1 Å². The van der Waals surface area contributed by atoms with Gasteiger partial charge in [0.15, 0.2) is 0 Å². The summed E-state index contributed by atoms with van der Waals surface area (Å²) in [5.41, 5.74) is 5.37. The molecule has 0 spiro atoms. The molecule has 19 heavy (non-hydrogen) atoms. The number of amides is 2. The molecule has 0 aromatic heterocycles. The lowest BCUT2D eigenvalue weighted by atomic mass is 10.00. The maximum absolute atomic E-state index is 12.2. The van der Waals surface area contributed by atoms with Gasteiger partial charge in [-0.3, -0.25) is 14.4 Å². The number of hydrogen-bond acceptors (Lipinski definition) is 3. The second kappa shape index (κ2) is 5.65. The molecule has 1 radical (unpaired) electrons. The van der Waals surface area contributed by atoms with Crippen LogP contribution in [0.3, 0.4) is 0 Å². The van der Waals surface area contributed by atoms with Gasteiger partial charge in [-0.05, 0) is 18.9 Å². The molecule has 2 rings (SSSR count). The molecule has 1 aliphatic carbocycles. The van der Waals surface area contributed by atoms with Crippen molar-refractivity contribution < 1.29 is 14.4 Å². The van der Waals surface area contributed by atoms with E-state index in [0.29, 0.717) is 0 Å². The predicted octanol–water partition coefficient (Wildman–Crippen LogP) is 0.916. The van der Waals surface area contributed by atoms with Crippen molar-refractivity contribution in [2.45, 2.75) is 31.7 Å². The summed E-state index contributed by atoms with van der Waals surface area (Å²) >= 11 is 0. The van der Waals surface area contributed by atoms with Gasteiger partial charge >= 0.3 is 0 Å². The minimum atomic E-state index is -0.728. The third-order valence-corrected chi connectivity index (χ3v) is 3.36. The zero-order valence-corrected chi connectivity index (χ0v) is 10.4. The third-order valence-electron chi connectivity index (χ3n) is 3.36. The van der Waals surface area contributed by atoms with E-state index < -0.39 is 11.8 Å². The maximum atomic E-state index is 12.2. The van der Waals surface area contributed by atoms with E-state index in [-0.39, 0.29) is 22.7 Å². The number of carbonyl (C=O) groups excluding carboxylic acids is 3. The second-order valence-electron chi connectivity index (χ2n) is 4.65. The summed E-state index contributed by atoms with van der Waals surface area (Å²) < 4.78 is 0. The van der Waals surface area contributed by atoms with Gasteiger partial charge in [0.25, 0.3) is 5.91 Å². The van der Waals surface area contributed by atoms with Crippen molar-refractivity contribution in [3.8, 4) is 0 Å². The Hall–Kier alpha value is -2.17. The highest BCUT2D eigenvalue weighted by Gasteiger charge is 2.23. The van der Waals surface area contributed by atoms with Crippen LogP contribution in [0.4, 0.5) is 0 Å². The molecule has 99 valence electrons. The third kappa shape index (κ3) is 2.81. The molecule has 0 aliphatic heterocycles. The summed E-state index contributed by atoms with van der Waals surface area (Å²) in [6, 6.07) is 4.50. The first-order valence-corrected chi connectivity index (χ1v) is 6.25. The first-order valence-electron chi connectivity index (χ1n) is 6.25. The van der Waals surface area contributed by atoms with Gasteiger partial charge in [0, 0.05) is 11.6 Å². The Bertz CT molecular complexity index is 519. The van der Waals surface area contributed by atoms with Crippen molar-refractivity contribution in [3.63, 3.8) is 0 Å². The zero-order chi connectivity index (χ0) is 13.8. The summed E-state index contributed by atoms with van der Waals surface area (Å²) in [4.78, 5) is 34.4.